The molecule has 26 heavy (non-hydrogen) atoms. The molecule has 2 rings (SSSR count). The van der Waals surface area contributed by atoms with Crippen molar-refractivity contribution in [3.05, 3.63) is 18.2 Å². The molecule has 8 nitrogen and oxygen atoms in total. The van der Waals surface area contributed by atoms with Gasteiger partial charge >= 0.3 is 6.09 Å². The first-order chi connectivity index (χ1) is 12.2. The fraction of sp³-hybridized carbons (Fsp3) is 0.722. The number of nitrogens with zero attached hydrogens (tertiary/aromatic N) is 4. The lowest BCUT2D eigenvalue weighted by Crippen LogP contribution is -2.63. The van der Waals surface area contributed by atoms with E-state index in [0.717, 1.165) is 12.4 Å². The summed E-state index contributed by atoms with van der Waals surface area (Å²) in [5.74, 6) is 2.25. The Morgan fingerprint density at radius 1 is 1.42 bits per heavy atom. The third-order valence-electron chi connectivity index (χ3n) is 3.88. The number of guanidine groups is 1. The maximum atomic E-state index is 12.0. The van der Waals surface area contributed by atoms with Gasteiger partial charge in [0.2, 0.25) is 0 Å². The molecule has 0 saturated carbocycles. The number of amides is 1. The van der Waals surface area contributed by atoms with E-state index in [4.69, 9.17) is 4.74 Å². The summed E-state index contributed by atoms with van der Waals surface area (Å²) in [6.07, 6.45) is 3.55. The maximum Gasteiger partial charge on any atom is 0.410 e. The molecule has 1 fully saturated rings. The van der Waals surface area contributed by atoms with Crippen molar-refractivity contribution in [2.24, 2.45) is 10.9 Å². The van der Waals surface area contributed by atoms with E-state index in [2.05, 4.69) is 39.0 Å². The van der Waals surface area contributed by atoms with Gasteiger partial charge in [0.05, 0.1) is 12.6 Å². The minimum atomic E-state index is -0.467. The largest absolute Gasteiger partial charge is 0.444 e. The second-order valence-electron chi connectivity index (χ2n) is 8.04. The van der Waals surface area contributed by atoms with Gasteiger partial charge in [-0.15, -0.1) is 0 Å². The van der Waals surface area contributed by atoms with E-state index in [1.807, 2.05) is 33.2 Å². The van der Waals surface area contributed by atoms with Crippen LogP contribution in [0, 0.1) is 5.92 Å². The van der Waals surface area contributed by atoms with Gasteiger partial charge < -0.3 is 24.8 Å². The van der Waals surface area contributed by atoms with Crippen molar-refractivity contribution in [1.82, 2.24) is 25.1 Å². The van der Waals surface area contributed by atoms with E-state index in [0.29, 0.717) is 31.5 Å². The first-order valence-corrected chi connectivity index (χ1v) is 9.13. The SMILES string of the molecule is CN=C(NCc1nccn1CC(C)C)NC1CN(C(=O)OC(C)(C)C)C1. The van der Waals surface area contributed by atoms with E-state index < -0.39 is 5.60 Å². The Bertz CT molecular complexity index is 626. The molecule has 0 aromatic carbocycles. The van der Waals surface area contributed by atoms with Crippen LogP contribution in [-0.4, -0.2) is 58.3 Å². The van der Waals surface area contributed by atoms with Crippen molar-refractivity contribution >= 4 is 12.1 Å². The fourth-order valence-electron chi connectivity index (χ4n) is 2.66. The average molecular weight is 364 g/mol. The molecule has 0 radical (unpaired) electrons. The highest BCUT2D eigenvalue weighted by molar-refractivity contribution is 5.80. The zero-order valence-corrected chi connectivity index (χ0v) is 16.7. The van der Waals surface area contributed by atoms with E-state index in [1.54, 1.807) is 11.9 Å². The molecule has 0 spiro atoms. The molecule has 1 amide bonds. The van der Waals surface area contributed by atoms with Crippen LogP contribution in [0.3, 0.4) is 0 Å². The highest BCUT2D eigenvalue weighted by atomic mass is 16.6. The first kappa shape index (κ1) is 20.1. The van der Waals surface area contributed by atoms with E-state index >= 15 is 0 Å². The van der Waals surface area contributed by atoms with Crippen molar-refractivity contribution in [2.75, 3.05) is 20.1 Å². The summed E-state index contributed by atoms with van der Waals surface area (Å²) in [4.78, 5) is 22.3. The van der Waals surface area contributed by atoms with Gasteiger partial charge in [-0.1, -0.05) is 13.8 Å². The topological polar surface area (TPSA) is 83.8 Å². The highest BCUT2D eigenvalue weighted by Gasteiger charge is 2.34. The van der Waals surface area contributed by atoms with Gasteiger partial charge in [-0.25, -0.2) is 9.78 Å². The summed E-state index contributed by atoms with van der Waals surface area (Å²) in [5.41, 5.74) is -0.467. The number of carbonyl (C=O) groups excluding carboxylic acids is 1. The maximum absolute atomic E-state index is 12.0. The van der Waals surface area contributed by atoms with Crippen molar-refractivity contribution in [3.8, 4) is 0 Å². The van der Waals surface area contributed by atoms with Crippen molar-refractivity contribution in [2.45, 2.75) is 59.4 Å². The predicted molar refractivity (Wildman–Crippen MR) is 102 cm³/mol. The quantitative estimate of drug-likeness (QED) is 0.615. The normalized spacial score (nSPS) is 15.8. The summed E-state index contributed by atoms with van der Waals surface area (Å²) >= 11 is 0. The second kappa shape index (κ2) is 8.42. The van der Waals surface area contributed by atoms with E-state index in [9.17, 15) is 4.79 Å². The van der Waals surface area contributed by atoms with Crippen LogP contribution in [0.1, 0.15) is 40.4 Å². The van der Waals surface area contributed by atoms with Gasteiger partial charge in [0, 0.05) is 39.1 Å². The molecule has 1 saturated heterocycles. The van der Waals surface area contributed by atoms with Crippen LogP contribution in [0.4, 0.5) is 4.79 Å². The molecular weight excluding hydrogens is 332 g/mol. The molecule has 1 aromatic rings. The molecule has 146 valence electrons. The van der Waals surface area contributed by atoms with Gasteiger partial charge in [-0.2, -0.15) is 0 Å². The van der Waals surface area contributed by atoms with Crippen LogP contribution in [0.15, 0.2) is 17.4 Å². The molecule has 2 N–H and O–H groups in total. The Morgan fingerprint density at radius 2 is 2.12 bits per heavy atom. The van der Waals surface area contributed by atoms with Crippen molar-refractivity contribution in [1.29, 1.82) is 0 Å². The molecule has 8 heteroatoms. The number of aliphatic imine (C=N–C) groups is 1. The Morgan fingerprint density at radius 3 is 2.69 bits per heavy atom. The Labute approximate surface area is 156 Å². The number of imidazole rings is 1. The van der Waals surface area contributed by atoms with Crippen LogP contribution >= 0.6 is 0 Å². The first-order valence-electron chi connectivity index (χ1n) is 9.13. The Hall–Kier alpha value is -2.25. The number of aromatic nitrogens is 2. The zero-order valence-electron chi connectivity index (χ0n) is 16.7. The monoisotopic (exact) mass is 364 g/mol. The van der Waals surface area contributed by atoms with Crippen LogP contribution in [0.25, 0.3) is 0 Å². The van der Waals surface area contributed by atoms with Gasteiger partial charge in [0.15, 0.2) is 5.96 Å². The lowest BCUT2D eigenvalue weighted by Gasteiger charge is -2.40. The Balaban J connectivity index is 1.76. The number of hydrogen-bond donors (Lipinski definition) is 2. The van der Waals surface area contributed by atoms with Crippen LogP contribution < -0.4 is 10.6 Å². The lowest BCUT2D eigenvalue weighted by molar-refractivity contribution is 0.00701. The molecule has 0 unspecified atom stereocenters. The van der Waals surface area contributed by atoms with Crippen LogP contribution in [0.2, 0.25) is 0 Å². The zero-order chi connectivity index (χ0) is 19.3. The number of nitrogens with one attached hydrogen (secondary N) is 2. The number of carbonyl (C=O) groups is 1. The molecular formula is C18H32N6O2. The summed E-state index contributed by atoms with van der Waals surface area (Å²) in [6.45, 7) is 12.7. The summed E-state index contributed by atoms with van der Waals surface area (Å²) < 4.78 is 7.52. The standard InChI is InChI=1S/C18H32N6O2/c1-13(2)10-23-8-7-20-15(23)9-21-16(19-6)22-14-11-24(12-14)17(25)26-18(3,4)5/h7-8,13-14H,9-12H2,1-6H3,(H2,19,21,22). The minimum Gasteiger partial charge on any atom is -0.444 e. The number of rotatable bonds is 5. The molecule has 1 aliphatic heterocycles. The van der Waals surface area contributed by atoms with E-state index in [-0.39, 0.29) is 12.1 Å². The smallest absolute Gasteiger partial charge is 0.410 e. The highest BCUT2D eigenvalue weighted by Crippen LogP contribution is 2.15. The lowest BCUT2D eigenvalue weighted by atomic mass is 10.1. The molecule has 0 aliphatic carbocycles. The van der Waals surface area contributed by atoms with Gasteiger partial charge in [0.25, 0.3) is 0 Å². The second-order valence-corrected chi connectivity index (χ2v) is 8.04. The van der Waals surface area contributed by atoms with Gasteiger partial charge in [0.1, 0.15) is 11.4 Å². The van der Waals surface area contributed by atoms with E-state index in [1.165, 1.54) is 0 Å². The van der Waals surface area contributed by atoms with Crippen LogP contribution in [-0.2, 0) is 17.8 Å². The number of ether oxygens (including phenoxy) is 1. The summed E-state index contributed by atoms with van der Waals surface area (Å²) in [6, 6.07) is 0.170. The third-order valence-corrected chi connectivity index (χ3v) is 3.88. The predicted octanol–water partition coefficient (Wildman–Crippen LogP) is 1.82. The Kier molecular flexibility index (Phi) is 6.50. The molecule has 1 aliphatic rings. The fourth-order valence-corrected chi connectivity index (χ4v) is 2.66. The van der Waals surface area contributed by atoms with Gasteiger partial charge in [-0.05, 0) is 26.7 Å². The molecule has 1 aromatic heterocycles. The van der Waals surface area contributed by atoms with Crippen LogP contribution in [0.5, 0.6) is 0 Å². The number of likely N-dealkylation sites (tertiary alicyclic amines) is 1. The number of hydrogen-bond acceptors (Lipinski definition) is 4. The van der Waals surface area contributed by atoms with Crippen molar-refractivity contribution in [3.63, 3.8) is 0 Å². The minimum absolute atomic E-state index is 0.170. The van der Waals surface area contributed by atoms with Crippen molar-refractivity contribution < 1.29 is 9.53 Å². The third kappa shape index (κ3) is 5.93. The van der Waals surface area contributed by atoms with Gasteiger partial charge in [-0.3, -0.25) is 4.99 Å². The molecule has 2 heterocycles. The average Bonchev–Trinajstić information content (AvgIpc) is 2.89. The molecule has 0 atom stereocenters. The summed E-state index contributed by atoms with van der Waals surface area (Å²) in [5, 5.41) is 6.61. The summed E-state index contributed by atoms with van der Waals surface area (Å²) in [7, 11) is 1.74. The molecule has 0 bridgehead atoms.